The lowest BCUT2D eigenvalue weighted by Crippen LogP contribution is -2.23. The molecule has 1 atom stereocenters. The summed E-state index contributed by atoms with van der Waals surface area (Å²) in [6, 6.07) is 7.82. The van der Waals surface area contributed by atoms with Gasteiger partial charge in [0, 0.05) is 25.6 Å². The summed E-state index contributed by atoms with van der Waals surface area (Å²) < 4.78 is 12.9. The van der Waals surface area contributed by atoms with Crippen molar-refractivity contribution in [1.82, 2.24) is 9.97 Å². The minimum Gasteiger partial charge on any atom is -0.353 e. The van der Waals surface area contributed by atoms with E-state index in [9.17, 15) is 4.39 Å². The summed E-state index contributed by atoms with van der Waals surface area (Å²) in [5.41, 5.74) is 2.15. The molecule has 0 spiro atoms. The molecule has 0 amide bonds. The molecule has 2 heterocycles. The number of aromatic nitrogens is 2. The van der Waals surface area contributed by atoms with E-state index in [4.69, 9.17) is 5.41 Å². The summed E-state index contributed by atoms with van der Waals surface area (Å²) in [5, 5.41) is 9.47. The monoisotopic (exact) mass is 311 g/mol. The van der Waals surface area contributed by atoms with Crippen LogP contribution in [0.1, 0.15) is 18.5 Å². The molecule has 0 saturated heterocycles. The van der Waals surface area contributed by atoms with Crippen LogP contribution in [0, 0.1) is 5.41 Å². The molecular formula is C16H19BFN5. The molecule has 0 saturated carbocycles. The lowest BCUT2D eigenvalue weighted by molar-refractivity contribution is 0.683. The van der Waals surface area contributed by atoms with E-state index in [2.05, 4.69) is 27.1 Å². The lowest BCUT2D eigenvalue weighted by Gasteiger charge is -2.26. The van der Waals surface area contributed by atoms with Crippen LogP contribution in [-0.4, -0.2) is 31.1 Å². The number of hydrogen-bond donors (Lipinski definition) is 2. The highest BCUT2D eigenvalue weighted by molar-refractivity contribution is 6.32. The molecule has 5 nitrogen and oxygen atoms in total. The van der Waals surface area contributed by atoms with Gasteiger partial charge in [-0.15, -0.1) is 0 Å². The van der Waals surface area contributed by atoms with Crippen LogP contribution in [0.15, 0.2) is 48.7 Å². The van der Waals surface area contributed by atoms with E-state index in [0.717, 1.165) is 23.0 Å². The van der Waals surface area contributed by atoms with E-state index >= 15 is 0 Å². The van der Waals surface area contributed by atoms with Crippen molar-refractivity contribution in [1.29, 1.82) is 5.41 Å². The Balaban J connectivity index is 2.08. The van der Waals surface area contributed by atoms with Gasteiger partial charge in [-0.05, 0) is 24.6 Å². The molecule has 0 bridgehead atoms. The molecule has 0 unspecified atom stereocenters. The minimum atomic E-state index is -0.658. The predicted molar refractivity (Wildman–Crippen MR) is 95.1 cm³/mol. The summed E-state index contributed by atoms with van der Waals surface area (Å²) >= 11 is 0. The second-order valence-corrected chi connectivity index (χ2v) is 5.28. The maximum absolute atomic E-state index is 12.9. The summed E-state index contributed by atoms with van der Waals surface area (Å²) in [6.45, 7) is 2.07. The quantitative estimate of drug-likeness (QED) is 0.631. The number of allylic oxidation sites excluding steroid dienone is 1. The summed E-state index contributed by atoms with van der Waals surface area (Å²) in [7, 11) is 3.99. The predicted octanol–water partition coefficient (Wildman–Crippen LogP) is 1.80. The van der Waals surface area contributed by atoms with Gasteiger partial charge in [-0.1, -0.05) is 17.6 Å². The van der Waals surface area contributed by atoms with Crippen molar-refractivity contribution >= 4 is 31.2 Å². The number of pyridine rings is 2. The summed E-state index contributed by atoms with van der Waals surface area (Å²) in [6.07, 6.45) is 5.32. The molecule has 0 fully saturated rings. The van der Waals surface area contributed by atoms with Crippen LogP contribution in [-0.2, 0) is 0 Å². The number of halogens is 1. The highest BCUT2D eigenvalue weighted by Crippen LogP contribution is 2.23. The van der Waals surface area contributed by atoms with Crippen molar-refractivity contribution in [2.24, 2.45) is 0 Å². The number of nitrogens with zero attached hydrogens (tertiary/aromatic N) is 3. The Hall–Kier alpha value is -2.70. The third kappa shape index (κ3) is 4.39. The van der Waals surface area contributed by atoms with Crippen LogP contribution in [0.5, 0.6) is 0 Å². The van der Waals surface area contributed by atoms with E-state index in [-0.39, 0.29) is 6.04 Å². The topological polar surface area (TPSA) is 64.9 Å². The molecule has 0 radical (unpaired) electrons. The largest absolute Gasteiger partial charge is 0.353 e. The summed E-state index contributed by atoms with van der Waals surface area (Å²) in [4.78, 5) is 10.7. The molecule has 7 heteroatoms. The third-order valence-electron chi connectivity index (χ3n) is 3.60. The Labute approximate surface area is 136 Å². The number of nitrogens with one attached hydrogen (secondary N) is 2. The van der Waals surface area contributed by atoms with Crippen LogP contribution in [0.2, 0.25) is 0 Å². The molecular weight excluding hydrogens is 292 g/mol. The van der Waals surface area contributed by atoms with Gasteiger partial charge in [-0.3, -0.25) is 0 Å². The van der Waals surface area contributed by atoms with E-state index in [1.807, 2.05) is 39.3 Å². The molecule has 2 rings (SSSR count). The first-order valence-corrected chi connectivity index (χ1v) is 7.25. The Morgan fingerprint density at radius 1 is 1.30 bits per heavy atom. The van der Waals surface area contributed by atoms with Gasteiger partial charge < -0.3 is 15.6 Å². The van der Waals surface area contributed by atoms with Crippen LogP contribution in [0.4, 0.5) is 16.0 Å². The normalized spacial score (nSPS) is 12.6. The minimum absolute atomic E-state index is 0.0978. The van der Waals surface area contributed by atoms with Gasteiger partial charge in [-0.2, -0.15) is 0 Å². The van der Waals surface area contributed by atoms with Crippen LogP contribution < -0.4 is 15.7 Å². The van der Waals surface area contributed by atoms with E-state index in [1.165, 1.54) is 0 Å². The fourth-order valence-corrected chi connectivity index (χ4v) is 2.01. The maximum atomic E-state index is 12.9. The van der Waals surface area contributed by atoms with Gasteiger partial charge in [0.25, 0.3) is 0 Å². The molecule has 23 heavy (non-hydrogen) atoms. The van der Waals surface area contributed by atoms with Gasteiger partial charge >= 0.3 is 0 Å². The number of hydrogen-bond acceptors (Lipinski definition) is 5. The van der Waals surface area contributed by atoms with Crippen molar-refractivity contribution in [3.63, 3.8) is 0 Å². The van der Waals surface area contributed by atoms with Crippen molar-refractivity contribution in [2.45, 2.75) is 13.0 Å². The van der Waals surface area contributed by atoms with Gasteiger partial charge in [0.2, 0.25) is 0 Å². The first-order valence-electron chi connectivity index (χ1n) is 7.25. The van der Waals surface area contributed by atoms with Gasteiger partial charge in [0.1, 0.15) is 19.5 Å². The first kappa shape index (κ1) is 16.7. The first-order chi connectivity index (χ1) is 11.0. The average molecular weight is 311 g/mol. The zero-order chi connectivity index (χ0) is 16.8. The number of rotatable bonds is 6. The van der Waals surface area contributed by atoms with Gasteiger partial charge in [0.15, 0.2) is 5.83 Å². The standard InChI is InChI=1S/C16H19BFN5/c1-11(23(2)16-6-4-13(17)9-22-16)12-3-5-15(20-8-12)21-10-14(18)7-19/h3-11,19H,17H2,1-2H3,(H,20,21)/b14-10+,19-7?/t11-/m0/s1. The van der Waals surface area contributed by atoms with Crippen molar-refractivity contribution < 1.29 is 4.39 Å². The Bertz CT molecular complexity index is 685. The second kappa shape index (κ2) is 7.53. The van der Waals surface area contributed by atoms with Crippen LogP contribution in [0.25, 0.3) is 0 Å². The molecule has 0 aliphatic rings. The van der Waals surface area contributed by atoms with Crippen molar-refractivity contribution in [2.75, 3.05) is 17.3 Å². The third-order valence-corrected chi connectivity index (χ3v) is 3.60. The van der Waals surface area contributed by atoms with Crippen molar-refractivity contribution in [3.8, 4) is 0 Å². The SMILES string of the molecule is Bc1ccc(N(C)[C@@H](C)c2ccc(N/C=C(/F)C=N)nc2)nc1. The van der Waals surface area contributed by atoms with Gasteiger partial charge in [-0.25, -0.2) is 14.4 Å². The fraction of sp³-hybridized carbons (Fsp3) is 0.188. The summed E-state index contributed by atoms with van der Waals surface area (Å²) in [5.74, 6) is 0.754. The van der Waals surface area contributed by atoms with Crippen LogP contribution in [0.3, 0.4) is 0 Å². The highest BCUT2D eigenvalue weighted by Gasteiger charge is 2.13. The van der Waals surface area contributed by atoms with Crippen molar-refractivity contribution in [3.05, 3.63) is 54.2 Å². The Kier molecular flexibility index (Phi) is 5.46. The molecule has 0 aliphatic carbocycles. The zero-order valence-corrected chi connectivity index (χ0v) is 13.4. The smallest absolute Gasteiger partial charge is 0.156 e. The maximum Gasteiger partial charge on any atom is 0.156 e. The van der Waals surface area contributed by atoms with E-state index < -0.39 is 5.83 Å². The highest BCUT2D eigenvalue weighted by atomic mass is 19.1. The zero-order valence-electron chi connectivity index (χ0n) is 13.4. The van der Waals surface area contributed by atoms with Crippen LogP contribution >= 0.6 is 0 Å². The van der Waals surface area contributed by atoms with E-state index in [0.29, 0.717) is 12.0 Å². The molecule has 2 N–H and O–H groups in total. The number of anilines is 2. The fourth-order valence-electron chi connectivity index (χ4n) is 2.01. The Morgan fingerprint density at radius 2 is 2.09 bits per heavy atom. The lowest BCUT2D eigenvalue weighted by atomic mass is 9.99. The average Bonchev–Trinajstić information content (AvgIpc) is 2.59. The van der Waals surface area contributed by atoms with Gasteiger partial charge in [0.05, 0.1) is 12.3 Å². The second-order valence-electron chi connectivity index (χ2n) is 5.28. The molecule has 118 valence electrons. The van der Waals surface area contributed by atoms with E-state index in [1.54, 1.807) is 12.3 Å². The Morgan fingerprint density at radius 3 is 2.65 bits per heavy atom. The molecule has 0 aromatic carbocycles. The molecule has 2 aromatic heterocycles. The molecule has 0 aliphatic heterocycles. The molecule has 2 aromatic rings.